The molecule has 0 amide bonds. The topological polar surface area (TPSA) is 0 Å². The molecule has 0 fully saturated rings. The summed E-state index contributed by atoms with van der Waals surface area (Å²) >= 11 is 9.60. The van der Waals surface area contributed by atoms with Crippen molar-refractivity contribution in [3.8, 4) is 0 Å². The van der Waals surface area contributed by atoms with Gasteiger partial charge in [0.15, 0.2) is 0 Å². The molecule has 0 N–H and O–H groups in total. The first-order valence-corrected chi connectivity index (χ1v) is 6.87. The lowest BCUT2D eigenvalue weighted by molar-refractivity contribution is 0.422. The first kappa shape index (κ1) is 13.1. The van der Waals surface area contributed by atoms with E-state index in [1.807, 2.05) is 0 Å². The summed E-state index contributed by atoms with van der Waals surface area (Å²) in [5, 5.41) is 0. The van der Waals surface area contributed by atoms with Crippen molar-refractivity contribution in [1.82, 2.24) is 0 Å². The number of benzene rings is 1. The van der Waals surface area contributed by atoms with Crippen LogP contribution in [-0.4, -0.2) is 5.88 Å². The van der Waals surface area contributed by atoms with Crippen LogP contribution >= 0.6 is 27.5 Å². The Labute approximate surface area is 106 Å². The lowest BCUT2D eigenvalue weighted by atomic mass is 9.84. The first-order valence-electron chi connectivity index (χ1n) is 5.54. The van der Waals surface area contributed by atoms with Gasteiger partial charge in [-0.3, -0.25) is 0 Å². The fourth-order valence-corrected chi connectivity index (χ4v) is 2.93. The number of hydrogen-bond acceptors (Lipinski definition) is 0. The predicted octanol–water partition coefficient (Wildman–Crippen LogP) is 5.21. The molecule has 84 valence electrons. The van der Waals surface area contributed by atoms with E-state index in [0.29, 0.717) is 17.7 Å². The molecule has 15 heavy (non-hydrogen) atoms. The molecule has 1 rings (SSSR count). The van der Waals surface area contributed by atoms with Crippen LogP contribution in [0, 0.1) is 5.92 Å². The first-order chi connectivity index (χ1) is 7.22. The Morgan fingerprint density at radius 3 is 2.40 bits per heavy atom. The molecule has 0 heterocycles. The van der Waals surface area contributed by atoms with Gasteiger partial charge in [0.25, 0.3) is 0 Å². The molecule has 2 heteroatoms. The van der Waals surface area contributed by atoms with E-state index >= 15 is 0 Å². The molecule has 0 aromatic heterocycles. The number of alkyl halides is 1. The highest BCUT2D eigenvalue weighted by molar-refractivity contribution is 9.10. The molecule has 0 saturated carbocycles. The number of rotatable bonds is 5. The van der Waals surface area contributed by atoms with Gasteiger partial charge in [0.05, 0.1) is 0 Å². The van der Waals surface area contributed by atoms with Crippen LogP contribution in [0.5, 0.6) is 0 Å². The van der Waals surface area contributed by atoms with Gasteiger partial charge in [0, 0.05) is 16.3 Å². The molecular formula is C13H18BrCl. The van der Waals surface area contributed by atoms with Gasteiger partial charge in [-0.05, 0) is 23.6 Å². The van der Waals surface area contributed by atoms with Gasteiger partial charge in [-0.25, -0.2) is 0 Å². The van der Waals surface area contributed by atoms with Crippen LogP contribution in [0.4, 0.5) is 0 Å². The Hall–Kier alpha value is -0.0100. The number of halogens is 2. The molecule has 0 aliphatic rings. The summed E-state index contributed by atoms with van der Waals surface area (Å²) in [7, 11) is 0. The maximum atomic E-state index is 6.09. The van der Waals surface area contributed by atoms with Crippen molar-refractivity contribution < 1.29 is 0 Å². The second-order valence-corrected chi connectivity index (χ2v) is 5.12. The maximum Gasteiger partial charge on any atom is 0.0294 e. The zero-order valence-electron chi connectivity index (χ0n) is 9.34. The van der Waals surface area contributed by atoms with Crippen molar-refractivity contribution in [2.45, 2.75) is 32.6 Å². The van der Waals surface area contributed by atoms with Crippen LogP contribution in [-0.2, 0) is 0 Å². The van der Waals surface area contributed by atoms with Crippen LogP contribution in [0.25, 0.3) is 0 Å². The smallest absolute Gasteiger partial charge is 0.0294 e. The van der Waals surface area contributed by atoms with Gasteiger partial charge >= 0.3 is 0 Å². The van der Waals surface area contributed by atoms with E-state index in [1.54, 1.807) is 0 Å². The van der Waals surface area contributed by atoms with Crippen LogP contribution in [0.1, 0.15) is 38.2 Å². The van der Waals surface area contributed by atoms with E-state index in [4.69, 9.17) is 11.6 Å². The summed E-state index contributed by atoms with van der Waals surface area (Å²) in [6.45, 7) is 4.48. The van der Waals surface area contributed by atoms with Crippen molar-refractivity contribution >= 4 is 27.5 Å². The summed E-state index contributed by atoms with van der Waals surface area (Å²) in [5.41, 5.74) is 1.35. The molecule has 1 aromatic carbocycles. The minimum Gasteiger partial charge on any atom is -0.126 e. The largest absolute Gasteiger partial charge is 0.126 e. The van der Waals surface area contributed by atoms with Crippen molar-refractivity contribution in [2.75, 3.05) is 5.88 Å². The van der Waals surface area contributed by atoms with Gasteiger partial charge < -0.3 is 0 Å². The average molecular weight is 290 g/mol. The molecule has 1 unspecified atom stereocenters. The van der Waals surface area contributed by atoms with Crippen LogP contribution in [0.3, 0.4) is 0 Å². The Balaban J connectivity index is 2.90. The van der Waals surface area contributed by atoms with Crippen molar-refractivity contribution in [1.29, 1.82) is 0 Å². The fourth-order valence-electron chi connectivity index (χ4n) is 2.08. The minimum atomic E-state index is 0.485. The molecule has 0 radical (unpaired) electrons. The normalized spacial score (nSPS) is 13.1. The van der Waals surface area contributed by atoms with Crippen LogP contribution in [0.15, 0.2) is 28.7 Å². The predicted molar refractivity (Wildman–Crippen MR) is 71.7 cm³/mol. The Morgan fingerprint density at radius 1 is 1.27 bits per heavy atom. The van der Waals surface area contributed by atoms with Crippen molar-refractivity contribution in [3.05, 3.63) is 34.3 Å². The van der Waals surface area contributed by atoms with Gasteiger partial charge in [-0.1, -0.05) is 54.8 Å². The Morgan fingerprint density at radius 2 is 1.93 bits per heavy atom. The van der Waals surface area contributed by atoms with E-state index in [1.165, 1.54) is 18.4 Å². The molecule has 0 bridgehead atoms. The molecule has 0 spiro atoms. The summed E-state index contributed by atoms with van der Waals surface area (Å²) in [4.78, 5) is 0. The standard InChI is InChI=1S/C13H18BrCl/c1-3-10(4-2)13(9-15)11-6-5-7-12(14)8-11/h5-8,10,13H,3-4,9H2,1-2H3. The molecule has 0 nitrogen and oxygen atoms in total. The van der Waals surface area contributed by atoms with Gasteiger partial charge in [-0.2, -0.15) is 0 Å². The molecule has 1 aromatic rings. The van der Waals surface area contributed by atoms with Gasteiger partial charge in [-0.15, -0.1) is 11.6 Å². The van der Waals surface area contributed by atoms with Crippen molar-refractivity contribution in [3.63, 3.8) is 0 Å². The van der Waals surface area contributed by atoms with Crippen molar-refractivity contribution in [2.24, 2.45) is 5.92 Å². The number of hydrogen-bond donors (Lipinski definition) is 0. The summed E-state index contributed by atoms with van der Waals surface area (Å²) in [6, 6.07) is 8.50. The van der Waals surface area contributed by atoms with E-state index in [9.17, 15) is 0 Å². The third-order valence-electron chi connectivity index (χ3n) is 3.06. The van der Waals surface area contributed by atoms with E-state index in [-0.39, 0.29) is 0 Å². The van der Waals surface area contributed by atoms with E-state index in [0.717, 1.165) is 4.47 Å². The zero-order valence-corrected chi connectivity index (χ0v) is 11.7. The molecule has 0 aliphatic heterocycles. The molecule has 0 saturated heterocycles. The highest BCUT2D eigenvalue weighted by Crippen LogP contribution is 2.31. The molecular weight excluding hydrogens is 272 g/mol. The Bertz CT molecular complexity index is 294. The highest BCUT2D eigenvalue weighted by Gasteiger charge is 2.19. The van der Waals surface area contributed by atoms with Crippen LogP contribution in [0.2, 0.25) is 0 Å². The maximum absolute atomic E-state index is 6.09. The van der Waals surface area contributed by atoms with E-state index < -0.39 is 0 Å². The molecule has 0 aliphatic carbocycles. The second-order valence-electron chi connectivity index (χ2n) is 3.89. The summed E-state index contributed by atoms with van der Waals surface area (Å²) in [5.74, 6) is 1.89. The molecule has 1 atom stereocenters. The SMILES string of the molecule is CCC(CC)C(CCl)c1cccc(Br)c1. The van der Waals surface area contributed by atoms with E-state index in [2.05, 4.69) is 54.0 Å². The Kier molecular flexibility index (Phi) is 5.70. The minimum absolute atomic E-state index is 0.485. The van der Waals surface area contributed by atoms with Crippen LogP contribution < -0.4 is 0 Å². The highest BCUT2D eigenvalue weighted by atomic mass is 79.9. The third kappa shape index (κ3) is 3.49. The van der Waals surface area contributed by atoms with Gasteiger partial charge in [0.1, 0.15) is 0 Å². The quantitative estimate of drug-likeness (QED) is 0.653. The monoisotopic (exact) mass is 288 g/mol. The lowest BCUT2D eigenvalue weighted by Crippen LogP contribution is -2.13. The third-order valence-corrected chi connectivity index (χ3v) is 3.89. The lowest BCUT2D eigenvalue weighted by Gasteiger charge is -2.23. The summed E-state index contributed by atoms with van der Waals surface area (Å²) in [6.07, 6.45) is 2.39. The second kappa shape index (κ2) is 6.55. The fraction of sp³-hybridized carbons (Fsp3) is 0.538. The summed E-state index contributed by atoms with van der Waals surface area (Å²) < 4.78 is 1.14. The zero-order chi connectivity index (χ0) is 11.3. The van der Waals surface area contributed by atoms with Gasteiger partial charge in [0.2, 0.25) is 0 Å². The average Bonchev–Trinajstić information content (AvgIpc) is 2.25.